The van der Waals surface area contributed by atoms with Crippen LogP contribution in [0.25, 0.3) is 22.4 Å². The number of nitriles is 1. The Kier molecular flexibility index (Phi) is 5.44. The quantitative estimate of drug-likeness (QED) is 0.591. The predicted octanol–water partition coefficient (Wildman–Crippen LogP) is 3.90. The van der Waals surface area contributed by atoms with E-state index in [1.54, 1.807) is 6.07 Å². The molecule has 1 aliphatic heterocycles. The van der Waals surface area contributed by atoms with Crippen molar-refractivity contribution in [1.29, 1.82) is 5.26 Å². The van der Waals surface area contributed by atoms with Gasteiger partial charge in [0.25, 0.3) is 0 Å². The van der Waals surface area contributed by atoms with E-state index >= 15 is 0 Å². The topological polar surface area (TPSA) is 106 Å². The molecule has 1 saturated heterocycles. The molecule has 1 aromatic heterocycles. The number of halogens is 2. The van der Waals surface area contributed by atoms with E-state index in [0.717, 1.165) is 25.0 Å². The summed E-state index contributed by atoms with van der Waals surface area (Å²) in [6.45, 7) is 1.31. The maximum atomic E-state index is 14.4. The summed E-state index contributed by atoms with van der Waals surface area (Å²) in [7, 11) is 0. The van der Waals surface area contributed by atoms with Crippen LogP contribution in [-0.4, -0.2) is 34.3 Å². The zero-order valence-electron chi connectivity index (χ0n) is 16.5. The Balaban J connectivity index is 1.90. The molecule has 158 valence electrons. The minimum absolute atomic E-state index is 0.108. The molecule has 4 rings (SSSR count). The Morgan fingerprint density at radius 3 is 2.29 bits per heavy atom. The zero-order chi connectivity index (χ0) is 22.1. The maximum absolute atomic E-state index is 14.4. The standard InChI is InChI=1S/C23H20F2N4O2/c24-17-10-14(1-2-15(17)12-26)23-22(13-3-4-19(30)18(25)9-13)20(31)11-21(28-23)29-7-5-16(27)6-8-29/h1-4,9-11,16,30H,5-8,27H2,(H,28,31). The van der Waals surface area contributed by atoms with Gasteiger partial charge in [-0.1, -0.05) is 12.1 Å². The Bertz CT molecular complexity index is 1180. The van der Waals surface area contributed by atoms with E-state index in [4.69, 9.17) is 11.0 Å². The second-order valence-corrected chi connectivity index (χ2v) is 7.52. The van der Waals surface area contributed by atoms with E-state index in [2.05, 4.69) is 4.98 Å². The number of anilines is 1. The molecule has 0 aliphatic carbocycles. The van der Waals surface area contributed by atoms with Crippen LogP contribution in [0.15, 0.2) is 42.5 Å². The van der Waals surface area contributed by atoms with E-state index in [1.165, 1.54) is 30.3 Å². The summed E-state index contributed by atoms with van der Waals surface area (Å²) in [6.07, 6.45) is 1.54. The minimum Gasteiger partial charge on any atom is -0.507 e. The largest absolute Gasteiger partial charge is 0.507 e. The van der Waals surface area contributed by atoms with E-state index in [1.807, 2.05) is 4.90 Å². The molecule has 8 heteroatoms. The fourth-order valence-electron chi connectivity index (χ4n) is 3.72. The van der Waals surface area contributed by atoms with Crippen LogP contribution in [0, 0.1) is 23.0 Å². The van der Waals surface area contributed by atoms with Crippen molar-refractivity contribution in [3.63, 3.8) is 0 Å². The Morgan fingerprint density at radius 2 is 1.65 bits per heavy atom. The van der Waals surface area contributed by atoms with E-state index in [-0.39, 0.29) is 34.2 Å². The number of rotatable bonds is 3. The highest BCUT2D eigenvalue weighted by molar-refractivity contribution is 5.87. The number of phenolic OH excluding ortho intramolecular Hbond substituents is 1. The van der Waals surface area contributed by atoms with Crippen molar-refractivity contribution in [3.8, 4) is 40.0 Å². The first-order valence-electron chi connectivity index (χ1n) is 9.81. The molecule has 0 spiro atoms. The number of nitrogens with zero attached hydrogens (tertiary/aromatic N) is 3. The second kappa shape index (κ2) is 8.20. The van der Waals surface area contributed by atoms with Crippen LogP contribution in [0.4, 0.5) is 14.6 Å². The lowest BCUT2D eigenvalue weighted by Gasteiger charge is -2.31. The average molecular weight is 422 g/mol. The first-order chi connectivity index (χ1) is 14.9. The molecule has 0 atom stereocenters. The summed E-state index contributed by atoms with van der Waals surface area (Å²) >= 11 is 0. The monoisotopic (exact) mass is 422 g/mol. The highest BCUT2D eigenvalue weighted by atomic mass is 19.1. The molecule has 0 radical (unpaired) electrons. The number of aromatic nitrogens is 1. The zero-order valence-corrected chi connectivity index (χ0v) is 16.5. The second-order valence-electron chi connectivity index (χ2n) is 7.52. The molecule has 1 aliphatic rings. The number of piperidine rings is 1. The van der Waals surface area contributed by atoms with Crippen molar-refractivity contribution in [2.24, 2.45) is 5.73 Å². The lowest BCUT2D eigenvalue weighted by Crippen LogP contribution is -2.40. The Morgan fingerprint density at radius 1 is 0.968 bits per heavy atom. The molecular formula is C23H20F2N4O2. The molecule has 2 heterocycles. The van der Waals surface area contributed by atoms with Crippen molar-refractivity contribution in [3.05, 3.63) is 59.7 Å². The fourth-order valence-corrected chi connectivity index (χ4v) is 3.72. The van der Waals surface area contributed by atoms with Gasteiger partial charge >= 0.3 is 0 Å². The highest BCUT2D eigenvalue weighted by Gasteiger charge is 2.23. The summed E-state index contributed by atoms with van der Waals surface area (Å²) in [4.78, 5) is 6.65. The first-order valence-corrected chi connectivity index (χ1v) is 9.81. The normalized spacial score (nSPS) is 14.5. The van der Waals surface area contributed by atoms with E-state index in [0.29, 0.717) is 24.5 Å². The molecule has 0 unspecified atom stereocenters. The van der Waals surface area contributed by atoms with Gasteiger partial charge in [0.2, 0.25) is 0 Å². The number of phenols is 1. The van der Waals surface area contributed by atoms with Crippen molar-refractivity contribution >= 4 is 5.82 Å². The summed E-state index contributed by atoms with van der Waals surface area (Å²) in [6, 6.07) is 11.1. The molecule has 4 N–H and O–H groups in total. The van der Waals surface area contributed by atoms with Gasteiger partial charge in [0.15, 0.2) is 11.6 Å². The summed E-state index contributed by atoms with van der Waals surface area (Å²) < 4.78 is 28.4. The fraction of sp³-hybridized carbons (Fsp3) is 0.217. The van der Waals surface area contributed by atoms with Gasteiger partial charge in [-0.05, 0) is 42.7 Å². The van der Waals surface area contributed by atoms with E-state index < -0.39 is 17.4 Å². The van der Waals surface area contributed by atoms with Gasteiger partial charge in [-0.15, -0.1) is 0 Å². The molecule has 6 nitrogen and oxygen atoms in total. The summed E-state index contributed by atoms with van der Waals surface area (Å²) in [5.41, 5.74) is 6.88. The van der Waals surface area contributed by atoms with Gasteiger partial charge in [0, 0.05) is 30.8 Å². The molecule has 0 amide bonds. The first kappa shape index (κ1) is 20.6. The van der Waals surface area contributed by atoms with Gasteiger partial charge in [0.05, 0.1) is 16.8 Å². The number of pyridine rings is 1. The molecule has 31 heavy (non-hydrogen) atoms. The Hall–Kier alpha value is -3.70. The van der Waals surface area contributed by atoms with Crippen molar-refractivity contribution in [1.82, 2.24) is 4.98 Å². The molecular weight excluding hydrogens is 402 g/mol. The number of hydrogen-bond donors (Lipinski definition) is 3. The van der Waals surface area contributed by atoms with Gasteiger partial charge in [-0.25, -0.2) is 13.8 Å². The summed E-state index contributed by atoms with van der Waals surface area (Å²) in [5, 5.41) is 29.4. The van der Waals surface area contributed by atoms with Gasteiger partial charge in [0.1, 0.15) is 23.5 Å². The molecule has 2 aromatic carbocycles. The lowest BCUT2D eigenvalue weighted by molar-refractivity contribution is 0.432. The smallest absolute Gasteiger partial charge is 0.165 e. The van der Waals surface area contributed by atoms with Crippen molar-refractivity contribution < 1.29 is 19.0 Å². The minimum atomic E-state index is -0.858. The van der Waals surface area contributed by atoms with Crippen LogP contribution < -0.4 is 10.6 Å². The number of aromatic hydroxyl groups is 2. The number of benzene rings is 2. The van der Waals surface area contributed by atoms with Crippen LogP contribution in [0.2, 0.25) is 0 Å². The number of hydrogen-bond acceptors (Lipinski definition) is 6. The molecule has 1 fully saturated rings. The maximum Gasteiger partial charge on any atom is 0.165 e. The van der Waals surface area contributed by atoms with Gasteiger partial charge < -0.3 is 20.8 Å². The molecule has 0 bridgehead atoms. The average Bonchev–Trinajstić information content (AvgIpc) is 2.75. The van der Waals surface area contributed by atoms with Crippen LogP contribution >= 0.6 is 0 Å². The molecule has 0 saturated carbocycles. The third kappa shape index (κ3) is 4.00. The van der Waals surface area contributed by atoms with E-state index in [9.17, 15) is 19.0 Å². The third-order valence-electron chi connectivity index (χ3n) is 5.45. The third-order valence-corrected chi connectivity index (χ3v) is 5.45. The highest BCUT2D eigenvalue weighted by Crippen LogP contribution is 2.41. The van der Waals surface area contributed by atoms with Gasteiger partial charge in [-0.3, -0.25) is 0 Å². The van der Waals surface area contributed by atoms with Crippen LogP contribution in [0.1, 0.15) is 18.4 Å². The lowest BCUT2D eigenvalue weighted by atomic mass is 9.97. The predicted molar refractivity (Wildman–Crippen MR) is 112 cm³/mol. The van der Waals surface area contributed by atoms with Crippen LogP contribution in [-0.2, 0) is 0 Å². The van der Waals surface area contributed by atoms with Crippen LogP contribution in [0.5, 0.6) is 11.5 Å². The SMILES string of the molecule is N#Cc1ccc(-c2nc(N3CCC(N)CC3)cc(O)c2-c2ccc(O)c(F)c2)cc1F. The van der Waals surface area contributed by atoms with Crippen molar-refractivity contribution in [2.45, 2.75) is 18.9 Å². The van der Waals surface area contributed by atoms with Gasteiger partial charge in [-0.2, -0.15) is 5.26 Å². The van der Waals surface area contributed by atoms with Crippen LogP contribution in [0.3, 0.4) is 0 Å². The van der Waals surface area contributed by atoms with Crippen molar-refractivity contribution in [2.75, 3.05) is 18.0 Å². The Labute approximate surface area is 177 Å². The summed E-state index contributed by atoms with van der Waals surface area (Å²) in [5.74, 6) is -1.78. The molecule has 3 aromatic rings. The number of nitrogens with two attached hydrogens (primary N) is 1.